The van der Waals surface area contributed by atoms with Crippen LogP contribution in [-0.4, -0.2) is 112 Å². The average Bonchev–Trinajstić information content (AvgIpc) is 0.843. The van der Waals surface area contributed by atoms with Crippen LogP contribution in [0.5, 0.6) is 5.75 Å². The number of pyridine rings is 6. The number of nitrogens with zero attached hydrogens (tertiary/aromatic N) is 12. The van der Waals surface area contributed by atoms with Crippen molar-refractivity contribution in [2.75, 3.05) is 81.8 Å². The van der Waals surface area contributed by atoms with Crippen molar-refractivity contribution in [1.82, 2.24) is 29.9 Å². The molecule has 0 fully saturated rings. The third kappa shape index (κ3) is 32.0. The van der Waals surface area contributed by atoms with E-state index in [4.69, 9.17) is 67.6 Å². The maximum atomic E-state index is 12.5. The number of primary sulfonamides is 3. The molecule has 6 aromatic heterocycles. The van der Waals surface area contributed by atoms with Gasteiger partial charge in [-0.25, -0.2) is 70.6 Å². The van der Waals surface area contributed by atoms with Crippen LogP contribution in [0.25, 0.3) is 0 Å². The maximum absolute atomic E-state index is 12.5. The molecule has 0 aliphatic heterocycles. The van der Waals surface area contributed by atoms with Crippen molar-refractivity contribution in [3.63, 3.8) is 0 Å². The minimum atomic E-state index is -4.77. The normalized spacial score (nSPS) is 10.9. The molecule has 129 heavy (non-hydrogen) atoms. The van der Waals surface area contributed by atoms with Crippen molar-refractivity contribution in [3.05, 3.63) is 356 Å². The minimum absolute atomic E-state index is 0.00310. The van der Waals surface area contributed by atoms with Crippen molar-refractivity contribution in [1.29, 1.82) is 0 Å². The summed E-state index contributed by atoms with van der Waals surface area (Å²) in [5, 5.41) is 51.0. The van der Waals surface area contributed by atoms with Gasteiger partial charge in [-0.05, 0) is 193 Å². The molecule has 0 radical (unpaired) electrons. The molecule has 0 aliphatic rings. The van der Waals surface area contributed by atoms with Crippen LogP contribution < -0.4 is 66.8 Å². The zero-order valence-corrected chi connectivity index (χ0v) is 74.2. The highest BCUT2D eigenvalue weighted by Crippen LogP contribution is 2.34. The first-order valence-electron chi connectivity index (χ1n) is 37.6. The van der Waals surface area contributed by atoms with E-state index in [0.29, 0.717) is 66.2 Å². The number of sulfonamides is 3. The lowest BCUT2D eigenvalue weighted by atomic mass is 10.0. The topological polar surface area (TPSA) is 457 Å². The molecule has 12 N–H and O–H groups in total. The summed E-state index contributed by atoms with van der Waals surface area (Å²) in [7, 11) is -2.08. The fourth-order valence-electron chi connectivity index (χ4n) is 11.4. The Hall–Kier alpha value is -14.2. The number of rotatable bonds is 25. The highest BCUT2D eigenvalue weighted by atomic mass is 35.5. The van der Waals surface area contributed by atoms with Crippen molar-refractivity contribution >= 4 is 185 Å². The van der Waals surface area contributed by atoms with E-state index in [1.807, 2.05) is 134 Å². The summed E-state index contributed by atoms with van der Waals surface area (Å²) in [5.41, 5.74) is 17.3. The van der Waals surface area contributed by atoms with Gasteiger partial charge in [-0.2, -0.15) is 0 Å². The molecule has 0 saturated heterocycles. The van der Waals surface area contributed by atoms with Gasteiger partial charge in [0.15, 0.2) is 0 Å². The van der Waals surface area contributed by atoms with E-state index in [2.05, 4.69) is 55.9 Å². The van der Waals surface area contributed by atoms with Gasteiger partial charge < -0.3 is 51.3 Å². The van der Waals surface area contributed by atoms with E-state index in [1.165, 1.54) is 84.9 Å². The number of hydrogen-bond donors (Lipinski definition) is 8. The van der Waals surface area contributed by atoms with E-state index in [-0.39, 0.29) is 50.4 Å². The van der Waals surface area contributed by atoms with Gasteiger partial charge in [-0.3, -0.25) is 25.0 Å². The molecule has 668 valence electrons. The van der Waals surface area contributed by atoms with Crippen LogP contribution in [0.15, 0.2) is 319 Å². The summed E-state index contributed by atoms with van der Waals surface area (Å²) in [5.74, 6) is 1.16. The Labute approximate surface area is 760 Å². The second-order valence-corrected chi connectivity index (χ2v) is 33.4. The van der Waals surface area contributed by atoms with Gasteiger partial charge in [0.25, 0.3) is 11.4 Å². The molecule has 0 amide bonds. The van der Waals surface area contributed by atoms with Gasteiger partial charge in [-0.15, -0.1) is 13.2 Å². The number of Topliss-reactive ketones (excluding diaryl/α,β-unsaturated/α-hetero) is 1. The molecule has 0 aliphatic carbocycles. The Kier molecular flexibility index (Phi) is 35.0. The van der Waals surface area contributed by atoms with Crippen LogP contribution in [0.4, 0.5) is 116 Å². The number of nitrogens with two attached hydrogens (primary N) is 4. The number of carbonyl (C=O) groups is 1. The summed E-state index contributed by atoms with van der Waals surface area (Å²) >= 11 is 22.4. The Morgan fingerprint density at radius 2 is 0.705 bits per heavy atom. The fraction of sp³-hybridized carbons (Fsp3) is 0.0920. The summed E-state index contributed by atoms with van der Waals surface area (Å²) < 4.78 is 110. The Bertz CT molecular complexity index is 6530. The Morgan fingerprint density at radius 1 is 0.395 bits per heavy atom. The smallest absolute Gasteiger partial charge is 0.406 e. The van der Waals surface area contributed by atoms with Crippen LogP contribution in [0.2, 0.25) is 20.5 Å². The fourth-order valence-corrected chi connectivity index (χ4v) is 13.8. The number of alkyl halides is 3. The van der Waals surface area contributed by atoms with Crippen molar-refractivity contribution in [2.24, 2.45) is 15.4 Å². The quantitative estimate of drug-likeness (QED) is 0.0114. The third-order valence-electron chi connectivity index (χ3n) is 18.0. The van der Waals surface area contributed by atoms with Crippen LogP contribution in [0.3, 0.4) is 0 Å². The van der Waals surface area contributed by atoms with Gasteiger partial charge >= 0.3 is 6.36 Å². The molecule has 14 rings (SSSR count). The van der Waals surface area contributed by atoms with Crippen LogP contribution in [0.1, 0.15) is 11.1 Å². The van der Waals surface area contributed by atoms with E-state index in [0.717, 1.165) is 56.7 Å². The number of benzene rings is 8. The largest absolute Gasteiger partial charge is 0.573 e. The number of non-ortho nitro benzene ring substituents is 2. The van der Waals surface area contributed by atoms with Crippen molar-refractivity contribution in [2.45, 2.75) is 33.9 Å². The minimum Gasteiger partial charge on any atom is -0.406 e. The standard InChI is InChI=1S/C28H25F3N4O4S.C18H17N5O4S.C18H19N5O2S.C12H10ClN3O2.C6H7ClN2.C5H3Cl2N/c1-35(23-13-14-33-27(18-23)34-21-3-2-4-26(17-21)40(32,37)38)22-9-5-19(6-10-22)15-24(36)16-20-7-11-25(12-8-20)39-28(29,30)31;1-22(14-5-7-15(8-6-14)23(24)25)16-9-10-20-18(12-16)21-13-3-2-4-17(11-13)28(19,26)27;1-23(15-7-5-13(19)6-8-15)16-9-10-21-18(12-16)22-14-3-2-4-17(11-14)26(20,24)25;1-15(11-6-7-14-12(13)8-11)9-2-4-10(5-3-9)16(17)18;1-8-5-2-3-9-6(7)4-5;6-4-1-2-8-5(7)3-4/h2-14,17-18H,15-16H2,1H3,(H,33,34)(H2,32,37,38);2-12H,1H3,(H,20,21)(H2,19,26,27);2-12H,19H2,1H3,(H,21,22)(H2,20,24,25);2-8H,1H3;2-4H,1H3,(H,8,9);1-3H. The van der Waals surface area contributed by atoms with E-state index < -0.39 is 46.3 Å². The Balaban J connectivity index is 0.000000187. The molecular weight excluding hydrogens is 1810 g/mol. The number of nitro groups is 2. The number of hydrogen-bond acceptors (Lipinski definition) is 27. The van der Waals surface area contributed by atoms with Gasteiger partial charge in [0, 0.05) is 207 Å². The predicted octanol–water partition coefficient (Wildman–Crippen LogP) is 19.0. The molecular formula is C87H81Cl4F3N20O12S3. The first kappa shape index (κ1) is 98.6. The second-order valence-electron chi connectivity index (χ2n) is 27.2. The molecule has 0 unspecified atom stereocenters. The maximum Gasteiger partial charge on any atom is 0.573 e. The third-order valence-corrected chi connectivity index (χ3v) is 21.5. The highest BCUT2D eigenvalue weighted by molar-refractivity contribution is 7.89. The number of nitrogen functional groups attached to an aromatic ring is 1. The van der Waals surface area contributed by atoms with Gasteiger partial charge in [0.2, 0.25) is 30.1 Å². The SMILES string of the molecule is CN(c1ccc(CC(=O)Cc2ccc(OC(F)(F)F)cc2)cc1)c1ccnc(Nc2cccc(S(N)(=O)=O)c2)c1.CN(c1ccc(N)cc1)c1ccnc(Nc2cccc(S(N)(=O)=O)c2)c1.CN(c1ccc([N+](=O)[O-])cc1)c1ccnc(Cl)c1.CN(c1ccc([N+](=O)[O-])cc1)c1ccnc(Nc2cccc(S(N)(=O)=O)c2)c1.CNc1ccnc(Cl)c1.Clc1ccnc(Cl)c1. The lowest BCUT2D eigenvalue weighted by molar-refractivity contribution is -0.385. The van der Waals surface area contributed by atoms with Gasteiger partial charge in [0.1, 0.15) is 44.4 Å². The number of nitro benzene ring substituents is 2. The summed E-state index contributed by atoms with van der Waals surface area (Å²) in [6.07, 6.45) is 5.22. The first-order valence-corrected chi connectivity index (χ1v) is 43.8. The average molecular weight is 1890 g/mol. The lowest BCUT2D eigenvalue weighted by Crippen LogP contribution is -2.17. The zero-order valence-electron chi connectivity index (χ0n) is 68.7. The lowest BCUT2D eigenvalue weighted by Gasteiger charge is -2.20. The van der Waals surface area contributed by atoms with Crippen LogP contribution in [0, 0.1) is 20.2 Å². The molecule has 32 nitrogen and oxygen atoms in total. The number of nitrogens with one attached hydrogen (secondary N) is 4. The zero-order chi connectivity index (χ0) is 93.8. The molecule has 42 heteroatoms. The van der Waals surface area contributed by atoms with Crippen molar-refractivity contribution < 1.29 is 57.8 Å². The van der Waals surface area contributed by atoms with E-state index >= 15 is 0 Å². The van der Waals surface area contributed by atoms with Gasteiger partial charge in [-0.1, -0.05) is 88.9 Å². The first-order chi connectivity index (χ1) is 61.1. The molecule has 0 bridgehead atoms. The summed E-state index contributed by atoms with van der Waals surface area (Å²) in [6, 6.07) is 72.5. The number of ketones is 1. The summed E-state index contributed by atoms with van der Waals surface area (Å²) in [4.78, 5) is 64.9. The molecule has 8 aromatic carbocycles. The van der Waals surface area contributed by atoms with Crippen molar-refractivity contribution in [3.8, 4) is 5.75 Å². The molecule has 0 saturated carbocycles. The number of halogens is 7. The van der Waals surface area contributed by atoms with Crippen LogP contribution >= 0.6 is 46.4 Å². The number of ether oxygens (including phenoxy) is 1. The van der Waals surface area contributed by atoms with Gasteiger partial charge in [0.05, 0.1) is 24.5 Å². The monoisotopic (exact) mass is 1890 g/mol. The number of anilines is 16. The summed E-state index contributed by atoms with van der Waals surface area (Å²) in [6.45, 7) is 0. The molecule has 6 heterocycles. The molecule has 0 spiro atoms. The van der Waals surface area contributed by atoms with Crippen LogP contribution in [-0.2, 0) is 47.7 Å². The molecule has 14 aromatic rings. The van der Waals surface area contributed by atoms with E-state index in [1.54, 1.807) is 140 Å². The number of carbonyl (C=O) groups excluding carboxylic acids is 1. The number of aromatic nitrogens is 6. The molecule has 0 atom stereocenters. The second kappa shape index (κ2) is 45.8. The predicted molar refractivity (Wildman–Crippen MR) is 500 cm³/mol. The Morgan fingerprint density at radius 3 is 1.01 bits per heavy atom. The van der Waals surface area contributed by atoms with E-state index in [9.17, 15) is 63.4 Å². The highest BCUT2D eigenvalue weighted by Gasteiger charge is 2.31.